The monoisotopic (exact) mass is 258 g/mol. The van der Waals surface area contributed by atoms with Gasteiger partial charge in [-0.25, -0.2) is 13.8 Å². The van der Waals surface area contributed by atoms with E-state index >= 15 is 0 Å². The van der Waals surface area contributed by atoms with Crippen molar-refractivity contribution in [3.8, 4) is 5.69 Å². The molecule has 0 aliphatic carbocycles. The SMILES string of the molecule is O=c1c2ccccc2ncn1-c1ccc(F)cc1F. The van der Waals surface area contributed by atoms with E-state index in [4.69, 9.17) is 0 Å². The van der Waals surface area contributed by atoms with Gasteiger partial charge in [-0.1, -0.05) is 12.1 Å². The normalized spacial score (nSPS) is 10.8. The molecule has 19 heavy (non-hydrogen) atoms. The van der Waals surface area contributed by atoms with Crippen molar-refractivity contribution in [2.24, 2.45) is 0 Å². The molecule has 2 aromatic carbocycles. The second-order valence-electron chi connectivity index (χ2n) is 4.03. The van der Waals surface area contributed by atoms with Gasteiger partial charge in [0, 0.05) is 6.07 Å². The predicted octanol–water partition coefficient (Wildman–Crippen LogP) is 2.66. The lowest BCUT2D eigenvalue weighted by molar-refractivity contribution is 0.576. The van der Waals surface area contributed by atoms with Crippen molar-refractivity contribution in [1.82, 2.24) is 9.55 Å². The van der Waals surface area contributed by atoms with Gasteiger partial charge in [-0.2, -0.15) is 0 Å². The maximum Gasteiger partial charge on any atom is 0.265 e. The van der Waals surface area contributed by atoms with Crippen LogP contribution in [0.5, 0.6) is 0 Å². The van der Waals surface area contributed by atoms with Crippen LogP contribution in [0.25, 0.3) is 16.6 Å². The molecule has 0 saturated carbocycles. The average Bonchev–Trinajstić information content (AvgIpc) is 2.41. The average molecular weight is 258 g/mol. The van der Waals surface area contributed by atoms with Crippen molar-refractivity contribution in [2.75, 3.05) is 0 Å². The van der Waals surface area contributed by atoms with Gasteiger partial charge in [0.2, 0.25) is 0 Å². The number of benzene rings is 2. The maximum absolute atomic E-state index is 13.7. The first-order chi connectivity index (χ1) is 9.16. The summed E-state index contributed by atoms with van der Waals surface area (Å²) in [5.74, 6) is -1.50. The summed E-state index contributed by atoms with van der Waals surface area (Å²) in [4.78, 5) is 16.3. The van der Waals surface area contributed by atoms with Gasteiger partial charge in [0.05, 0.1) is 16.6 Å². The first-order valence-corrected chi connectivity index (χ1v) is 5.58. The molecular formula is C14H8F2N2O. The Morgan fingerprint density at radius 1 is 1.05 bits per heavy atom. The highest BCUT2D eigenvalue weighted by molar-refractivity contribution is 5.77. The molecule has 94 valence electrons. The quantitative estimate of drug-likeness (QED) is 0.672. The molecule has 1 heterocycles. The minimum Gasteiger partial charge on any atom is -0.268 e. The van der Waals surface area contributed by atoms with Gasteiger partial charge in [0.25, 0.3) is 5.56 Å². The fourth-order valence-corrected chi connectivity index (χ4v) is 1.92. The zero-order valence-corrected chi connectivity index (χ0v) is 9.68. The molecule has 0 fully saturated rings. The largest absolute Gasteiger partial charge is 0.268 e. The predicted molar refractivity (Wildman–Crippen MR) is 67.3 cm³/mol. The molecule has 0 saturated heterocycles. The topological polar surface area (TPSA) is 34.9 Å². The summed E-state index contributed by atoms with van der Waals surface area (Å²) >= 11 is 0. The molecule has 5 heteroatoms. The van der Waals surface area contributed by atoms with Crippen LogP contribution < -0.4 is 5.56 Å². The van der Waals surface area contributed by atoms with Gasteiger partial charge < -0.3 is 0 Å². The number of fused-ring (bicyclic) bond motifs is 1. The van der Waals surface area contributed by atoms with Gasteiger partial charge in [0.1, 0.15) is 18.0 Å². The van der Waals surface area contributed by atoms with Crippen LogP contribution in [0, 0.1) is 11.6 Å². The van der Waals surface area contributed by atoms with Crippen LogP contribution in [-0.2, 0) is 0 Å². The summed E-state index contributed by atoms with van der Waals surface area (Å²) < 4.78 is 27.6. The second kappa shape index (κ2) is 4.28. The summed E-state index contributed by atoms with van der Waals surface area (Å²) in [5, 5.41) is 0.383. The summed E-state index contributed by atoms with van der Waals surface area (Å²) in [7, 11) is 0. The Bertz CT molecular complexity index is 827. The van der Waals surface area contributed by atoms with Gasteiger partial charge in [-0.05, 0) is 24.3 Å². The molecule has 3 nitrogen and oxygen atoms in total. The van der Waals surface area contributed by atoms with E-state index in [1.165, 1.54) is 12.4 Å². The Kier molecular flexibility index (Phi) is 2.59. The fourth-order valence-electron chi connectivity index (χ4n) is 1.92. The van der Waals surface area contributed by atoms with E-state index in [0.29, 0.717) is 10.9 Å². The van der Waals surface area contributed by atoms with Crippen molar-refractivity contribution in [1.29, 1.82) is 0 Å². The minimum absolute atomic E-state index is 0.0235. The summed E-state index contributed by atoms with van der Waals surface area (Å²) in [6.07, 6.45) is 1.24. The van der Waals surface area contributed by atoms with E-state index in [1.807, 2.05) is 0 Å². The lowest BCUT2D eigenvalue weighted by Crippen LogP contribution is -2.19. The van der Waals surface area contributed by atoms with E-state index in [-0.39, 0.29) is 5.69 Å². The van der Waals surface area contributed by atoms with Crippen LogP contribution in [0.4, 0.5) is 8.78 Å². The molecule has 3 rings (SSSR count). The summed E-state index contributed by atoms with van der Waals surface area (Å²) in [5.41, 5.74) is 0.118. The van der Waals surface area contributed by atoms with E-state index < -0.39 is 17.2 Å². The number of nitrogens with zero attached hydrogens (tertiary/aromatic N) is 2. The van der Waals surface area contributed by atoms with Gasteiger partial charge in [-0.15, -0.1) is 0 Å². The van der Waals surface area contributed by atoms with E-state index in [1.54, 1.807) is 24.3 Å². The molecule has 1 aromatic heterocycles. The Morgan fingerprint density at radius 2 is 1.84 bits per heavy atom. The lowest BCUT2D eigenvalue weighted by Gasteiger charge is -2.07. The van der Waals surface area contributed by atoms with Crippen LogP contribution in [0.2, 0.25) is 0 Å². The van der Waals surface area contributed by atoms with Crippen LogP contribution in [-0.4, -0.2) is 9.55 Å². The van der Waals surface area contributed by atoms with Crippen LogP contribution >= 0.6 is 0 Å². The standard InChI is InChI=1S/C14H8F2N2O/c15-9-5-6-13(11(16)7-9)18-8-17-12-4-2-1-3-10(12)14(18)19/h1-8H. The number of halogens is 2. The zero-order valence-electron chi connectivity index (χ0n) is 9.68. The second-order valence-corrected chi connectivity index (χ2v) is 4.03. The minimum atomic E-state index is -0.806. The van der Waals surface area contributed by atoms with Crippen molar-refractivity contribution in [3.63, 3.8) is 0 Å². The summed E-state index contributed by atoms with van der Waals surface area (Å²) in [6, 6.07) is 9.82. The lowest BCUT2D eigenvalue weighted by atomic mass is 10.2. The first kappa shape index (κ1) is 11.5. The number of para-hydroxylation sites is 1. The molecule has 0 atom stereocenters. The number of hydrogen-bond donors (Lipinski definition) is 0. The number of hydrogen-bond acceptors (Lipinski definition) is 2. The van der Waals surface area contributed by atoms with E-state index in [9.17, 15) is 13.6 Å². The molecule has 0 N–H and O–H groups in total. The Hall–Kier alpha value is -2.56. The van der Waals surface area contributed by atoms with E-state index in [0.717, 1.165) is 16.7 Å². The third-order valence-corrected chi connectivity index (χ3v) is 2.83. The van der Waals surface area contributed by atoms with Crippen molar-refractivity contribution in [2.45, 2.75) is 0 Å². The number of rotatable bonds is 1. The first-order valence-electron chi connectivity index (χ1n) is 5.58. The zero-order chi connectivity index (χ0) is 13.4. The molecule has 3 aromatic rings. The Morgan fingerprint density at radius 3 is 2.63 bits per heavy atom. The van der Waals surface area contributed by atoms with Crippen LogP contribution in [0.1, 0.15) is 0 Å². The van der Waals surface area contributed by atoms with Gasteiger partial charge >= 0.3 is 0 Å². The third kappa shape index (κ3) is 1.89. The highest BCUT2D eigenvalue weighted by Crippen LogP contribution is 2.14. The third-order valence-electron chi connectivity index (χ3n) is 2.83. The van der Waals surface area contributed by atoms with Crippen LogP contribution in [0.15, 0.2) is 53.6 Å². The highest BCUT2D eigenvalue weighted by atomic mass is 19.1. The molecule has 0 aliphatic heterocycles. The van der Waals surface area contributed by atoms with Crippen molar-refractivity contribution < 1.29 is 8.78 Å². The van der Waals surface area contributed by atoms with Crippen molar-refractivity contribution >= 4 is 10.9 Å². The van der Waals surface area contributed by atoms with Crippen molar-refractivity contribution in [3.05, 3.63) is 70.8 Å². The van der Waals surface area contributed by atoms with Crippen LogP contribution in [0.3, 0.4) is 0 Å². The van der Waals surface area contributed by atoms with Gasteiger partial charge in [0.15, 0.2) is 0 Å². The highest BCUT2D eigenvalue weighted by Gasteiger charge is 2.10. The van der Waals surface area contributed by atoms with Gasteiger partial charge in [-0.3, -0.25) is 9.36 Å². The fraction of sp³-hybridized carbons (Fsp3) is 0. The molecule has 0 amide bonds. The smallest absolute Gasteiger partial charge is 0.265 e. The van der Waals surface area contributed by atoms with E-state index in [2.05, 4.69) is 4.98 Å². The molecule has 0 bridgehead atoms. The molecule has 0 radical (unpaired) electrons. The Balaban J connectivity index is 2.31. The molecular weight excluding hydrogens is 250 g/mol. The molecule has 0 unspecified atom stereocenters. The Labute approximate surface area is 106 Å². The molecule has 0 spiro atoms. The molecule has 0 aliphatic rings. The number of aromatic nitrogens is 2. The maximum atomic E-state index is 13.7. The summed E-state index contributed by atoms with van der Waals surface area (Å²) in [6.45, 7) is 0.